The summed E-state index contributed by atoms with van der Waals surface area (Å²) in [5.74, 6) is 2.57. The van der Waals surface area contributed by atoms with Crippen LogP contribution in [0.1, 0.15) is 36.4 Å². The summed E-state index contributed by atoms with van der Waals surface area (Å²) >= 11 is 0. The zero-order chi connectivity index (χ0) is 16.6. The minimum Gasteiger partial charge on any atom is -0.386 e. The van der Waals surface area contributed by atoms with E-state index in [9.17, 15) is 5.11 Å². The van der Waals surface area contributed by atoms with Gasteiger partial charge in [-0.1, -0.05) is 18.2 Å². The number of hydrogen-bond acceptors (Lipinski definition) is 5. The Balaban J connectivity index is 1.87. The minimum absolute atomic E-state index is 0.773. The van der Waals surface area contributed by atoms with Gasteiger partial charge in [0.05, 0.1) is 5.60 Å². The highest BCUT2D eigenvalue weighted by Gasteiger charge is 2.22. The van der Waals surface area contributed by atoms with Crippen LogP contribution >= 0.6 is 0 Å². The molecule has 5 nitrogen and oxygen atoms in total. The maximum atomic E-state index is 10.2. The fraction of sp³-hybridized carbons (Fsp3) is 0.444. The van der Waals surface area contributed by atoms with Gasteiger partial charge in [0.25, 0.3) is 0 Å². The number of anilines is 2. The van der Waals surface area contributed by atoms with Crippen LogP contribution in [-0.2, 0) is 18.6 Å². The van der Waals surface area contributed by atoms with Crippen molar-refractivity contribution >= 4 is 11.6 Å². The van der Waals surface area contributed by atoms with E-state index in [0.29, 0.717) is 0 Å². The lowest BCUT2D eigenvalue weighted by molar-refractivity contribution is 0.0785. The van der Waals surface area contributed by atoms with Crippen LogP contribution in [-0.4, -0.2) is 28.7 Å². The number of rotatable bonds is 3. The lowest BCUT2D eigenvalue weighted by Crippen LogP contribution is -2.31. The van der Waals surface area contributed by atoms with Gasteiger partial charge >= 0.3 is 0 Å². The molecule has 5 heteroatoms. The first-order chi connectivity index (χ1) is 10.9. The van der Waals surface area contributed by atoms with Crippen LogP contribution in [0.15, 0.2) is 24.3 Å². The summed E-state index contributed by atoms with van der Waals surface area (Å²) in [6.07, 6.45) is 0.956. The maximum absolute atomic E-state index is 10.2. The van der Waals surface area contributed by atoms with Gasteiger partial charge in [0.1, 0.15) is 17.5 Å². The zero-order valence-electron chi connectivity index (χ0n) is 14.2. The average Bonchev–Trinajstić information content (AvgIpc) is 2.52. The second kappa shape index (κ2) is 5.81. The number of nitrogens with zero attached hydrogens (tertiary/aromatic N) is 3. The normalized spacial score (nSPS) is 14.6. The van der Waals surface area contributed by atoms with Crippen molar-refractivity contribution in [1.29, 1.82) is 0 Å². The van der Waals surface area contributed by atoms with E-state index in [4.69, 9.17) is 0 Å². The summed E-state index contributed by atoms with van der Waals surface area (Å²) < 4.78 is 0. The Morgan fingerprint density at radius 3 is 2.65 bits per heavy atom. The number of fused-ring (bicyclic) bond motifs is 1. The molecule has 0 amide bonds. The molecule has 0 saturated carbocycles. The lowest BCUT2D eigenvalue weighted by Gasteiger charge is -2.31. The third-order valence-corrected chi connectivity index (χ3v) is 4.33. The Bertz CT molecular complexity index is 721. The van der Waals surface area contributed by atoms with Gasteiger partial charge in [-0.05, 0) is 43.9 Å². The molecule has 0 spiro atoms. The third-order valence-electron chi connectivity index (χ3n) is 4.33. The van der Waals surface area contributed by atoms with Gasteiger partial charge in [0, 0.05) is 26.2 Å². The van der Waals surface area contributed by atoms with Crippen molar-refractivity contribution in [2.75, 3.05) is 23.8 Å². The van der Waals surface area contributed by atoms with Gasteiger partial charge in [0.15, 0.2) is 0 Å². The highest BCUT2D eigenvalue weighted by molar-refractivity contribution is 5.51. The Morgan fingerprint density at radius 2 is 1.96 bits per heavy atom. The molecule has 122 valence electrons. The zero-order valence-corrected chi connectivity index (χ0v) is 14.2. The first kappa shape index (κ1) is 15.7. The molecule has 0 bridgehead atoms. The summed E-state index contributed by atoms with van der Waals surface area (Å²) in [6, 6.07) is 8.27. The Hall–Kier alpha value is -2.14. The summed E-state index contributed by atoms with van der Waals surface area (Å²) in [4.78, 5) is 11.2. The van der Waals surface area contributed by atoms with Crippen LogP contribution < -0.4 is 10.2 Å². The quantitative estimate of drug-likeness (QED) is 0.912. The van der Waals surface area contributed by atoms with Crippen molar-refractivity contribution in [2.45, 2.75) is 39.3 Å². The van der Waals surface area contributed by atoms with Crippen molar-refractivity contribution in [3.05, 3.63) is 46.8 Å². The molecule has 0 radical (unpaired) electrons. The van der Waals surface area contributed by atoms with Gasteiger partial charge in [0.2, 0.25) is 0 Å². The van der Waals surface area contributed by atoms with Gasteiger partial charge in [-0.2, -0.15) is 0 Å². The highest BCUT2D eigenvalue weighted by Crippen LogP contribution is 2.28. The number of nitrogens with one attached hydrogen (secondary N) is 1. The second-order valence-electron chi connectivity index (χ2n) is 6.62. The predicted octanol–water partition coefficient (Wildman–Crippen LogP) is 2.62. The molecular weight excluding hydrogens is 288 g/mol. The van der Waals surface area contributed by atoms with Crippen LogP contribution in [0.25, 0.3) is 0 Å². The molecule has 2 aromatic rings. The van der Waals surface area contributed by atoms with E-state index in [2.05, 4.69) is 32.3 Å². The molecule has 0 saturated heterocycles. The largest absolute Gasteiger partial charge is 0.386 e. The van der Waals surface area contributed by atoms with E-state index in [1.54, 1.807) is 0 Å². The molecule has 0 aliphatic carbocycles. The average molecular weight is 312 g/mol. The van der Waals surface area contributed by atoms with Gasteiger partial charge < -0.3 is 15.3 Å². The monoisotopic (exact) mass is 312 g/mol. The van der Waals surface area contributed by atoms with Crippen LogP contribution in [0.3, 0.4) is 0 Å². The molecule has 23 heavy (non-hydrogen) atoms. The number of aromatic nitrogens is 2. The fourth-order valence-electron chi connectivity index (χ4n) is 2.97. The van der Waals surface area contributed by atoms with E-state index in [-0.39, 0.29) is 0 Å². The van der Waals surface area contributed by atoms with Gasteiger partial charge in [-0.15, -0.1) is 0 Å². The van der Waals surface area contributed by atoms with E-state index in [1.165, 1.54) is 11.1 Å². The number of benzene rings is 1. The molecule has 1 aliphatic heterocycles. The predicted molar refractivity (Wildman–Crippen MR) is 92.8 cm³/mol. The van der Waals surface area contributed by atoms with Crippen LogP contribution in [0.2, 0.25) is 0 Å². The van der Waals surface area contributed by atoms with Crippen LogP contribution in [0, 0.1) is 6.92 Å². The maximum Gasteiger partial charge on any atom is 0.134 e. The Kier molecular flexibility index (Phi) is 3.98. The molecule has 0 atom stereocenters. The van der Waals surface area contributed by atoms with Crippen molar-refractivity contribution in [3.8, 4) is 0 Å². The molecular formula is C18H24N4O. The first-order valence-corrected chi connectivity index (χ1v) is 8.00. The Labute approximate surface area is 137 Å². The molecule has 2 N–H and O–H groups in total. The van der Waals surface area contributed by atoms with E-state index >= 15 is 0 Å². The van der Waals surface area contributed by atoms with Crippen molar-refractivity contribution in [3.63, 3.8) is 0 Å². The van der Waals surface area contributed by atoms with E-state index in [0.717, 1.165) is 42.5 Å². The molecule has 0 unspecified atom stereocenters. The fourth-order valence-corrected chi connectivity index (χ4v) is 2.97. The smallest absolute Gasteiger partial charge is 0.134 e. The minimum atomic E-state index is -0.794. The molecule has 2 heterocycles. The Morgan fingerprint density at radius 1 is 1.17 bits per heavy atom. The van der Waals surface area contributed by atoms with E-state index < -0.39 is 5.60 Å². The SMILES string of the molecule is CNc1cc(N2CCc3cc(C(C)(C)O)ccc3C2)nc(C)n1. The molecule has 0 fully saturated rings. The first-order valence-electron chi connectivity index (χ1n) is 8.00. The molecule has 1 aromatic carbocycles. The molecule has 1 aliphatic rings. The number of aliphatic hydroxyl groups is 1. The summed E-state index contributed by atoms with van der Waals surface area (Å²) in [7, 11) is 1.87. The third kappa shape index (κ3) is 3.29. The van der Waals surface area contributed by atoms with Crippen molar-refractivity contribution < 1.29 is 5.11 Å². The summed E-state index contributed by atoms with van der Waals surface area (Å²) in [5, 5.41) is 13.3. The van der Waals surface area contributed by atoms with Crippen LogP contribution in [0.5, 0.6) is 0 Å². The summed E-state index contributed by atoms with van der Waals surface area (Å²) in [5.41, 5.74) is 2.80. The van der Waals surface area contributed by atoms with Gasteiger partial charge in [-0.3, -0.25) is 0 Å². The van der Waals surface area contributed by atoms with Crippen LogP contribution in [0.4, 0.5) is 11.6 Å². The lowest BCUT2D eigenvalue weighted by atomic mass is 9.91. The highest BCUT2D eigenvalue weighted by atomic mass is 16.3. The van der Waals surface area contributed by atoms with E-state index in [1.807, 2.05) is 40.0 Å². The van der Waals surface area contributed by atoms with Gasteiger partial charge in [-0.25, -0.2) is 9.97 Å². The van der Waals surface area contributed by atoms with Crippen molar-refractivity contribution in [1.82, 2.24) is 9.97 Å². The summed E-state index contributed by atoms with van der Waals surface area (Å²) in [6.45, 7) is 7.32. The molecule has 1 aromatic heterocycles. The molecule has 3 rings (SSSR count). The standard InChI is InChI=1S/C18H24N4O/c1-12-20-16(19-4)10-17(21-12)22-8-7-13-9-15(18(2,3)23)6-5-14(13)11-22/h5-6,9-10,23H,7-8,11H2,1-4H3,(H,19,20,21). The second-order valence-corrected chi connectivity index (χ2v) is 6.62. The topological polar surface area (TPSA) is 61.3 Å². The number of aryl methyl sites for hydroxylation is 1. The number of hydrogen-bond donors (Lipinski definition) is 2. The van der Waals surface area contributed by atoms with Crippen molar-refractivity contribution in [2.24, 2.45) is 0 Å².